The molecule has 0 aliphatic carbocycles. The van der Waals surface area contributed by atoms with Gasteiger partial charge in [0.15, 0.2) is 0 Å². The molecule has 1 aromatic carbocycles. The summed E-state index contributed by atoms with van der Waals surface area (Å²) < 4.78 is 5.19. The third-order valence-corrected chi connectivity index (χ3v) is 7.83. The maximum atomic E-state index is 12.1. The average molecular weight is 523 g/mol. The fourth-order valence-electron chi connectivity index (χ4n) is 5.45. The molecule has 9 heteroatoms. The highest BCUT2D eigenvalue weighted by Crippen LogP contribution is 2.32. The summed E-state index contributed by atoms with van der Waals surface area (Å²) in [4.78, 5) is 39.0. The molecule has 3 heterocycles. The smallest absolute Gasteiger partial charge is 0.415 e. The molecule has 2 aliphatic heterocycles. The van der Waals surface area contributed by atoms with E-state index in [4.69, 9.17) is 4.74 Å². The highest BCUT2D eigenvalue weighted by molar-refractivity contribution is 5.89. The molecule has 1 aromatic heterocycles. The summed E-state index contributed by atoms with van der Waals surface area (Å²) in [6.07, 6.45) is 4.47. The number of benzene rings is 1. The number of nitrogens with one attached hydrogen (secondary N) is 1. The second-order valence-corrected chi connectivity index (χ2v) is 10.9. The van der Waals surface area contributed by atoms with Crippen LogP contribution in [0.15, 0.2) is 30.5 Å². The number of nitrogens with zero attached hydrogens (tertiary/aromatic N) is 5. The number of aromatic nitrogens is 2. The van der Waals surface area contributed by atoms with Crippen molar-refractivity contribution in [1.82, 2.24) is 19.8 Å². The van der Waals surface area contributed by atoms with E-state index in [9.17, 15) is 9.59 Å². The number of amides is 2. The number of cyclic esters (lactones) is 1. The topological polar surface area (TPSA) is 90.9 Å². The van der Waals surface area contributed by atoms with Gasteiger partial charge >= 0.3 is 6.09 Å². The second-order valence-electron chi connectivity index (χ2n) is 10.9. The van der Waals surface area contributed by atoms with Crippen LogP contribution >= 0.6 is 0 Å². The summed E-state index contributed by atoms with van der Waals surface area (Å²) in [6, 6.07) is 9.55. The molecule has 2 amide bonds. The van der Waals surface area contributed by atoms with Crippen LogP contribution in [0.5, 0.6) is 0 Å². The van der Waals surface area contributed by atoms with Gasteiger partial charge in [-0.3, -0.25) is 14.6 Å². The van der Waals surface area contributed by atoms with Crippen molar-refractivity contribution in [2.45, 2.75) is 78.6 Å². The quantitative estimate of drug-likeness (QED) is 0.487. The Balaban J connectivity index is 1.44. The number of hydrogen-bond donors (Lipinski definition) is 1. The van der Waals surface area contributed by atoms with Gasteiger partial charge in [-0.05, 0) is 50.2 Å². The van der Waals surface area contributed by atoms with Crippen LogP contribution in [0.25, 0.3) is 0 Å². The van der Waals surface area contributed by atoms with E-state index in [1.54, 1.807) is 13.1 Å². The number of piperidine rings is 1. The number of carbonyl (C=O) groups excluding carboxylic acids is 2. The van der Waals surface area contributed by atoms with E-state index in [0.29, 0.717) is 36.3 Å². The van der Waals surface area contributed by atoms with Gasteiger partial charge in [0.2, 0.25) is 11.9 Å². The molecule has 2 aliphatic rings. The summed E-state index contributed by atoms with van der Waals surface area (Å²) in [5, 5.41) is 3.39. The maximum absolute atomic E-state index is 12.1. The molecule has 4 rings (SSSR count). The zero-order valence-corrected chi connectivity index (χ0v) is 23.6. The normalized spacial score (nSPS) is 18.1. The highest BCUT2D eigenvalue weighted by atomic mass is 16.6. The lowest BCUT2D eigenvalue weighted by atomic mass is 9.91. The first-order valence-electron chi connectivity index (χ1n) is 13.8. The van der Waals surface area contributed by atoms with Crippen molar-refractivity contribution >= 4 is 23.8 Å². The lowest BCUT2D eigenvalue weighted by Crippen LogP contribution is -2.46. The van der Waals surface area contributed by atoms with Gasteiger partial charge in [-0.1, -0.05) is 38.1 Å². The third kappa shape index (κ3) is 6.26. The summed E-state index contributed by atoms with van der Waals surface area (Å²) >= 11 is 0. The minimum absolute atomic E-state index is 0.00543. The van der Waals surface area contributed by atoms with Gasteiger partial charge in [0.05, 0.1) is 11.6 Å². The molecule has 206 valence electrons. The molecule has 1 saturated heterocycles. The van der Waals surface area contributed by atoms with Crippen LogP contribution in [0.1, 0.15) is 82.7 Å². The van der Waals surface area contributed by atoms with Crippen molar-refractivity contribution < 1.29 is 14.3 Å². The van der Waals surface area contributed by atoms with E-state index in [0.717, 1.165) is 43.5 Å². The van der Waals surface area contributed by atoms with Crippen LogP contribution in [0.2, 0.25) is 0 Å². The summed E-state index contributed by atoms with van der Waals surface area (Å²) in [7, 11) is 1.92. The van der Waals surface area contributed by atoms with E-state index < -0.39 is 0 Å². The largest absolute Gasteiger partial charge is 0.444 e. The first-order chi connectivity index (χ1) is 18.2. The van der Waals surface area contributed by atoms with E-state index in [1.165, 1.54) is 10.5 Å². The minimum atomic E-state index is -0.376. The van der Waals surface area contributed by atoms with Gasteiger partial charge in [-0.2, -0.15) is 4.98 Å². The standard InChI is InChI=1S/C29H42N6O3/c1-7-35-27-24(18-38-29(35)37)17-30-28(32-27)31-20(4)22-8-10-23(11-9-22)26(16-19(2)3)34-14-12-25(13-15-34)33(6)21(5)36/h8-11,17,19-20,25-26H,7,12-16,18H2,1-6H3,(H,30,31,32)/t20-,26?/m0/s1. The zero-order chi connectivity index (χ0) is 27.4. The van der Waals surface area contributed by atoms with Crippen LogP contribution in [0, 0.1) is 5.92 Å². The molecule has 0 radical (unpaired) electrons. The Morgan fingerprint density at radius 1 is 1.16 bits per heavy atom. The van der Waals surface area contributed by atoms with E-state index in [1.807, 2.05) is 18.9 Å². The summed E-state index contributed by atoms with van der Waals surface area (Å²) in [5.74, 6) is 1.83. The Labute approximate surface area is 226 Å². The first kappa shape index (κ1) is 27.8. The highest BCUT2D eigenvalue weighted by Gasteiger charge is 2.30. The number of ether oxygens (including phenoxy) is 1. The molecular weight excluding hydrogens is 480 g/mol. The lowest BCUT2D eigenvalue weighted by molar-refractivity contribution is -0.130. The van der Waals surface area contributed by atoms with Crippen molar-refractivity contribution in [3.05, 3.63) is 47.2 Å². The molecular formula is C29H42N6O3. The molecule has 2 atom stereocenters. The number of anilines is 2. The fraction of sp³-hybridized carbons (Fsp3) is 0.586. The number of hydrogen-bond acceptors (Lipinski definition) is 7. The molecule has 38 heavy (non-hydrogen) atoms. The van der Waals surface area contributed by atoms with Gasteiger partial charge in [0, 0.05) is 51.9 Å². The molecule has 2 aromatic rings. The van der Waals surface area contributed by atoms with Crippen molar-refractivity contribution in [3.8, 4) is 0 Å². The summed E-state index contributed by atoms with van der Waals surface area (Å²) in [6.45, 7) is 12.9. The Morgan fingerprint density at radius 3 is 2.42 bits per heavy atom. The molecule has 0 bridgehead atoms. The number of rotatable bonds is 9. The molecule has 0 saturated carbocycles. The second kappa shape index (κ2) is 12.1. The van der Waals surface area contributed by atoms with Gasteiger partial charge < -0.3 is 15.0 Å². The van der Waals surface area contributed by atoms with Crippen LogP contribution in [-0.2, 0) is 16.1 Å². The lowest BCUT2D eigenvalue weighted by Gasteiger charge is -2.41. The zero-order valence-electron chi connectivity index (χ0n) is 23.6. The number of carbonyl (C=O) groups is 2. The van der Waals surface area contributed by atoms with Crippen molar-refractivity contribution in [3.63, 3.8) is 0 Å². The predicted octanol–water partition coefficient (Wildman–Crippen LogP) is 5.16. The van der Waals surface area contributed by atoms with Gasteiger partial charge in [0.1, 0.15) is 12.4 Å². The van der Waals surface area contributed by atoms with Gasteiger partial charge in [0.25, 0.3) is 0 Å². The van der Waals surface area contributed by atoms with Crippen LogP contribution in [0.3, 0.4) is 0 Å². The average Bonchev–Trinajstić information content (AvgIpc) is 2.91. The van der Waals surface area contributed by atoms with Crippen molar-refractivity contribution in [2.24, 2.45) is 5.92 Å². The third-order valence-electron chi connectivity index (χ3n) is 7.83. The molecule has 1 unspecified atom stereocenters. The molecule has 1 fully saturated rings. The van der Waals surface area contributed by atoms with E-state index in [-0.39, 0.29) is 24.6 Å². The van der Waals surface area contributed by atoms with Crippen LogP contribution < -0.4 is 10.2 Å². The Hall–Kier alpha value is -3.20. The van der Waals surface area contributed by atoms with Gasteiger partial charge in [-0.15, -0.1) is 0 Å². The molecule has 1 N–H and O–H groups in total. The maximum Gasteiger partial charge on any atom is 0.415 e. The van der Waals surface area contributed by atoms with Crippen molar-refractivity contribution in [1.29, 1.82) is 0 Å². The van der Waals surface area contributed by atoms with Gasteiger partial charge in [-0.25, -0.2) is 9.78 Å². The Kier molecular flexibility index (Phi) is 8.87. The number of likely N-dealkylation sites (tertiary alicyclic amines) is 1. The van der Waals surface area contributed by atoms with E-state index >= 15 is 0 Å². The van der Waals surface area contributed by atoms with Crippen LogP contribution in [-0.4, -0.2) is 64.5 Å². The first-order valence-corrected chi connectivity index (χ1v) is 13.8. The minimum Gasteiger partial charge on any atom is -0.444 e. The SMILES string of the molecule is CCN1C(=O)OCc2cnc(N[C@@H](C)c3ccc(C(CC(C)C)N4CCC(N(C)C(C)=O)CC4)cc3)nc21. The van der Waals surface area contributed by atoms with E-state index in [2.05, 4.69) is 65.2 Å². The molecule has 9 nitrogen and oxygen atoms in total. The fourth-order valence-corrected chi connectivity index (χ4v) is 5.45. The Morgan fingerprint density at radius 2 is 1.82 bits per heavy atom. The Bertz CT molecular complexity index is 1110. The monoisotopic (exact) mass is 522 g/mol. The predicted molar refractivity (Wildman–Crippen MR) is 149 cm³/mol. The summed E-state index contributed by atoms with van der Waals surface area (Å²) in [5.41, 5.74) is 3.28. The number of fused-ring (bicyclic) bond motifs is 1. The van der Waals surface area contributed by atoms with Crippen LogP contribution in [0.4, 0.5) is 16.6 Å². The van der Waals surface area contributed by atoms with Crippen molar-refractivity contribution in [2.75, 3.05) is 36.9 Å². The molecule has 0 spiro atoms.